The Kier molecular flexibility index (Phi) is 5.14. The van der Waals surface area contributed by atoms with Crippen LogP contribution in [0.2, 0.25) is 0 Å². The molecule has 0 aliphatic heterocycles. The average Bonchev–Trinajstić information content (AvgIpc) is 2.52. The highest BCUT2D eigenvalue weighted by atomic mass is 16.5. The molecule has 0 spiro atoms. The number of rotatable bonds is 6. The zero-order chi connectivity index (χ0) is 15.2. The molecule has 1 heterocycles. The van der Waals surface area contributed by atoms with Crippen molar-refractivity contribution in [3.05, 3.63) is 36.0 Å². The van der Waals surface area contributed by atoms with Gasteiger partial charge in [-0.05, 0) is 29.9 Å². The summed E-state index contributed by atoms with van der Waals surface area (Å²) < 4.78 is 10.3. The van der Waals surface area contributed by atoms with E-state index in [9.17, 15) is 0 Å². The van der Waals surface area contributed by atoms with Crippen LogP contribution in [-0.4, -0.2) is 24.2 Å². The third-order valence-electron chi connectivity index (χ3n) is 3.38. The highest BCUT2D eigenvalue weighted by molar-refractivity contribution is 5.68. The molecule has 4 heteroatoms. The molecule has 2 rings (SSSR count). The fraction of sp³-hybridized carbons (Fsp3) is 0.412. The van der Waals surface area contributed by atoms with Crippen LogP contribution in [0.15, 0.2) is 30.5 Å². The Morgan fingerprint density at radius 1 is 1.05 bits per heavy atom. The van der Waals surface area contributed by atoms with Crippen molar-refractivity contribution in [3.63, 3.8) is 0 Å². The maximum absolute atomic E-state index is 5.32. The molecule has 0 unspecified atom stereocenters. The molecule has 4 nitrogen and oxygen atoms in total. The minimum atomic E-state index is 0.309. The van der Waals surface area contributed by atoms with E-state index in [0.717, 1.165) is 23.5 Å². The molecule has 0 atom stereocenters. The molecule has 0 saturated heterocycles. The Hall–Kier alpha value is -2.10. The second-order valence-corrected chi connectivity index (χ2v) is 5.41. The molecule has 0 N–H and O–H groups in total. The van der Waals surface area contributed by atoms with Crippen LogP contribution in [0.3, 0.4) is 0 Å². The molecule has 0 fully saturated rings. The van der Waals surface area contributed by atoms with Crippen LogP contribution < -0.4 is 9.47 Å². The van der Waals surface area contributed by atoms with Gasteiger partial charge in [0.25, 0.3) is 0 Å². The number of hydrogen-bond acceptors (Lipinski definition) is 4. The number of methoxy groups -OCH3 is 2. The second-order valence-electron chi connectivity index (χ2n) is 5.41. The molecular weight excluding hydrogens is 264 g/mol. The fourth-order valence-corrected chi connectivity index (χ4v) is 2.11. The lowest BCUT2D eigenvalue weighted by Crippen LogP contribution is -1.97. The molecule has 0 radical (unpaired) electrons. The van der Waals surface area contributed by atoms with Gasteiger partial charge in [-0.1, -0.05) is 38.1 Å². The first-order valence-corrected chi connectivity index (χ1v) is 7.18. The van der Waals surface area contributed by atoms with Crippen LogP contribution in [0.5, 0.6) is 11.9 Å². The van der Waals surface area contributed by atoms with Gasteiger partial charge in [-0.2, -0.15) is 4.98 Å². The van der Waals surface area contributed by atoms with Crippen LogP contribution >= 0.6 is 0 Å². The SMILES string of the molecule is COc1ncc(-c2ccc(CCC(C)C)cc2)c(OC)n1. The lowest BCUT2D eigenvalue weighted by atomic mass is 10.0. The van der Waals surface area contributed by atoms with Crippen molar-refractivity contribution in [2.24, 2.45) is 5.92 Å². The summed E-state index contributed by atoms with van der Waals surface area (Å²) in [6.07, 6.45) is 4.04. The number of benzene rings is 1. The Bertz CT molecular complexity index is 580. The van der Waals surface area contributed by atoms with E-state index >= 15 is 0 Å². The second kappa shape index (κ2) is 7.07. The van der Waals surface area contributed by atoms with E-state index in [0.29, 0.717) is 11.9 Å². The summed E-state index contributed by atoms with van der Waals surface area (Å²) in [5, 5.41) is 0. The summed E-state index contributed by atoms with van der Waals surface area (Å²) in [6, 6.07) is 8.79. The van der Waals surface area contributed by atoms with Gasteiger partial charge in [-0.3, -0.25) is 0 Å². The normalized spacial score (nSPS) is 10.7. The van der Waals surface area contributed by atoms with Crippen molar-refractivity contribution in [2.75, 3.05) is 14.2 Å². The number of aromatic nitrogens is 2. The molecule has 0 saturated carbocycles. The molecule has 0 aliphatic rings. The van der Waals surface area contributed by atoms with Crippen molar-refractivity contribution < 1.29 is 9.47 Å². The summed E-state index contributed by atoms with van der Waals surface area (Å²) in [5.41, 5.74) is 3.26. The van der Waals surface area contributed by atoms with Gasteiger partial charge < -0.3 is 9.47 Å². The van der Waals surface area contributed by atoms with Gasteiger partial charge in [0.2, 0.25) is 5.88 Å². The molecular formula is C17H22N2O2. The molecule has 1 aromatic carbocycles. The number of ether oxygens (including phenoxy) is 2. The lowest BCUT2D eigenvalue weighted by Gasteiger charge is -2.09. The van der Waals surface area contributed by atoms with E-state index in [2.05, 4.69) is 48.1 Å². The van der Waals surface area contributed by atoms with Crippen LogP contribution in [0.4, 0.5) is 0 Å². The van der Waals surface area contributed by atoms with Crippen molar-refractivity contribution in [3.8, 4) is 23.0 Å². The highest BCUT2D eigenvalue weighted by Gasteiger charge is 2.10. The average molecular weight is 286 g/mol. The first kappa shape index (κ1) is 15.3. The van der Waals surface area contributed by atoms with Crippen molar-refractivity contribution in [1.29, 1.82) is 0 Å². The molecule has 1 aromatic heterocycles. The molecule has 2 aromatic rings. The largest absolute Gasteiger partial charge is 0.480 e. The summed E-state index contributed by atoms with van der Waals surface area (Å²) >= 11 is 0. The van der Waals surface area contributed by atoms with Crippen LogP contribution in [0, 0.1) is 5.92 Å². The smallest absolute Gasteiger partial charge is 0.319 e. The standard InChI is InChI=1S/C17H22N2O2/c1-12(2)5-6-13-7-9-14(10-8-13)15-11-18-17(21-4)19-16(15)20-3/h7-12H,5-6H2,1-4H3. The van der Waals surface area contributed by atoms with Gasteiger partial charge in [-0.25, -0.2) is 4.98 Å². The molecule has 0 bridgehead atoms. The van der Waals surface area contributed by atoms with Gasteiger partial charge in [0.15, 0.2) is 0 Å². The van der Waals surface area contributed by atoms with E-state index < -0.39 is 0 Å². The van der Waals surface area contributed by atoms with Crippen LogP contribution in [0.25, 0.3) is 11.1 Å². The van der Waals surface area contributed by atoms with Crippen molar-refractivity contribution in [2.45, 2.75) is 26.7 Å². The van der Waals surface area contributed by atoms with Gasteiger partial charge >= 0.3 is 6.01 Å². The Balaban J connectivity index is 2.22. The predicted molar refractivity (Wildman–Crippen MR) is 83.7 cm³/mol. The van der Waals surface area contributed by atoms with Crippen molar-refractivity contribution in [1.82, 2.24) is 9.97 Å². The van der Waals surface area contributed by atoms with E-state index in [4.69, 9.17) is 9.47 Å². The van der Waals surface area contributed by atoms with Gasteiger partial charge in [0.05, 0.1) is 19.8 Å². The molecule has 112 valence electrons. The summed E-state index contributed by atoms with van der Waals surface area (Å²) in [5.74, 6) is 1.25. The Morgan fingerprint density at radius 2 is 1.76 bits per heavy atom. The predicted octanol–water partition coefficient (Wildman–Crippen LogP) is 3.75. The topological polar surface area (TPSA) is 44.2 Å². The minimum Gasteiger partial charge on any atom is -0.480 e. The zero-order valence-electron chi connectivity index (χ0n) is 13.1. The summed E-state index contributed by atoms with van der Waals surface area (Å²) in [4.78, 5) is 8.36. The maximum atomic E-state index is 5.32. The van der Waals surface area contributed by atoms with Crippen molar-refractivity contribution >= 4 is 0 Å². The highest BCUT2D eigenvalue weighted by Crippen LogP contribution is 2.29. The van der Waals surface area contributed by atoms with E-state index in [-0.39, 0.29) is 0 Å². The number of nitrogens with zero attached hydrogens (tertiary/aromatic N) is 2. The molecule has 0 aliphatic carbocycles. The zero-order valence-corrected chi connectivity index (χ0v) is 13.1. The fourth-order valence-electron chi connectivity index (χ4n) is 2.11. The summed E-state index contributed by atoms with van der Waals surface area (Å²) in [6.45, 7) is 4.49. The summed E-state index contributed by atoms with van der Waals surface area (Å²) in [7, 11) is 3.14. The Morgan fingerprint density at radius 3 is 2.33 bits per heavy atom. The lowest BCUT2D eigenvalue weighted by molar-refractivity contribution is 0.353. The third kappa shape index (κ3) is 3.94. The Labute approximate surface area is 126 Å². The number of hydrogen-bond donors (Lipinski definition) is 0. The van der Waals surface area contributed by atoms with Crippen LogP contribution in [-0.2, 0) is 6.42 Å². The molecule has 21 heavy (non-hydrogen) atoms. The molecule has 0 amide bonds. The van der Waals surface area contributed by atoms with E-state index in [1.54, 1.807) is 13.3 Å². The monoisotopic (exact) mass is 286 g/mol. The van der Waals surface area contributed by atoms with E-state index in [1.165, 1.54) is 19.1 Å². The first-order chi connectivity index (χ1) is 10.1. The minimum absolute atomic E-state index is 0.309. The quantitative estimate of drug-likeness (QED) is 0.811. The van der Waals surface area contributed by atoms with Gasteiger partial charge in [0.1, 0.15) is 0 Å². The van der Waals surface area contributed by atoms with E-state index in [1.807, 2.05) is 0 Å². The van der Waals surface area contributed by atoms with Gasteiger partial charge in [0, 0.05) is 6.20 Å². The maximum Gasteiger partial charge on any atom is 0.319 e. The van der Waals surface area contributed by atoms with Crippen LogP contribution in [0.1, 0.15) is 25.8 Å². The van der Waals surface area contributed by atoms with Gasteiger partial charge in [-0.15, -0.1) is 0 Å². The first-order valence-electron chi connectivity index (χ1n) is 7.18. The number of aryl methyl sites for hydroxylation is 1. The third-order valence-corrected chi connectivity index (χ3v) is 3.38.